The Hall–Kier alpha value is -1.77. The molecule has 8 heteroatoms. The SMILES string of the molecule is CCC1CC(c2nc(-c3ccc(S(C)(=O)=O)cc3)no2)NN1. The van der Waals surface area contributed by atoms with Gasteiger partial charge in [-0.25, -0.2) is 13.8 Å². The van der Waals surface area contributed by atoms with Gasteiger partial charge in [-0.3, -0.25) is 5.43 Å². The van der Waals surface area contributed by atoms with E-state index in [1.54, 1.807) is 24.3 Å². The number of hydrogen-bond acceptors (Lipinski definition) is 7. The summed E-state index contributed by atoms with van der Waals surface area (Å²) >= 11 is 0. The van der Waals surface area contributed by atoms with Crippen LogP contribution < -0.4 is 10.9 Å². The van der Waals surface area contributed by atoms with Gasteiger partial charge < -0.3 is 4.52 Å². The van der Waals surface area contributed by atoms with E-state index in [0.717, 1.165) is 18.4 Å². The van der Waals surface area contributed by atoms with Crippen molar-refractivity contribution in [1.29, 1.82) is 0 Å². The molecular weight excluding hydrogens is 304 g/mol. The van der Waals surface area contributed by atoms with Gasteiger partial charge in [-0.05, 0) is 37.1 Å². The lowest BCUT2D eigenvalue weighted by atomic mass is 10.1. The van der Waals surface area contributed by atoms with Crippen LogP contribution in [0.1, 0.15) is 31.7 Å². The molecule has 1 fully saturated rings. The van der Waals surface area contributed by atoms with E-state index >= 15 is 0 Å². The van der Waals surface area contributed by atoms with Crippen molar-refractivity contribution in [3.8, 4) is 11.4 Å². The van der Waals surface area contributed by atoms with Gasteiger partial charge in [-0.15, -0.1) is 0 Å². The molecule has 0 amide bonds. The van der Waals surface area contributed by atoms with Crippen LogP contribution in [0.2, 0.25) is 0 Å². The normalized spacial score (nSPS) is 22.1. The first kappa shape index (κ1) is 15.1. The molecule has 118 valence electrons. The van der Waals surface area contributed by atoms with E-state index in [0.29, 0.717) is 17.8 Å². The molecule has 1 aromatic carbocycles. The highest BCUT2D eigenvalue weighted by molar-refractivity contribution is 7.90. The number of sulfone groups is 1. The maximum absolute atomic E-state index is 11.5. The molecule has 3 rings (SSSR count). The fraction of sp³-hybridized carbons (Fsp3) is 0.429. The third-order valence-corrected chi connectivity index (χ3v) is 4.88. The third kappa shape index (κ3) is 3.03. The zero-order valence-electron chi connectivity index (χ0n) is 12.4. The van der Waals surface area contributed by atoms with Crippen LogP contribution in [0.15, 0.2) is 33.7 Å². The highest BCUT2D eigenvalue weighted by atomic mass is 32.2. The first-order chi connectivity index (χ1) is 10.5. The minimum absolute atomic E-state index is 0.00138. The van der Waals surface area contributed by atoms with E-state index < -0.39 is 9.84 Å². The highest BCUT2D eigenvalue weighted by Gasteiger charge is 2.28. The van der Waals surface area contributed by atoms with E-state index in [4.69, 9.17) is 4.52 Å². The zero-order valence-corrected chi connectivity index (χ0v) is 13.2. The van der Waals surface area contributed by atoms with Gasteiger partial charge in [0.15, 0.2) is 9.84 Å². The molecule has 2 N–H and O–H groups in total. The number of aromatic nitrogens is 2. The standard InChI is InChI=1S/C14H18N4O3S/c1-3-10-8-12(17-16-10)14-15-13(18-21-14)9-4-6-11(7-5-9)22(2,19)20/h4-7,10,12,16-17H,3,8H2,1-2H3. The number of nitrogens with one attached hydrogen (secondary N) is 2. The van der Waals surface area contributed by atoms with Gasteiger partial charge in [-0.1, -0.05) is 12.1 Å². The molecule has 2 heterocycles. The molecule has 1 saturated heterocycles. The summed E-state index contributed by atoms with van der Waals surface area (Å²) in [4.78, 5) is 4.66. The molecule has 0 aliphatic carbocycles. The van der Waals surface area contributed by atoms with Crippen LogP contribution in [0.5, 0.6) is 0 Å². The summed E-state index contributed by atoms with van der Waals surface area (Å²) in [5.74, 6) is 0.988. The van der Waals surface area contributed by atoms with Crippen molar-refractivity contribution in [3.05, 3.63) is 30.2 Å². The fourth-order valence-electron chi connectivity index (χ4n) is 2.40. The van der Waals surface area contributed by atoms with Crippen molar-refractivity contribution in [2.45, 2.75) is 36.7 Å². The largest absolute Gasteiger partial charge is 0.337 e. The lowest BCUT2D eigenvalue weighted by Gasteiger charge is -2.01. The summed E-state index contributed by atoms with van der Waals surface area (Å²) < 4.78 is 28.2. The Morgan fingerprint density at radius 2 is 2.00 bits per heavy atom. The van der Waals surface area contributed by atoms with Gasteiger partial charge >= 0.3 is 0 Å². The second kappa shape index (κ2) is 5.79. The molecule has 2 atom stereocenters. The van der Waals surface area contributed by atoms with Gasteiger partial charge in [0.2, 0.25) is 11.7 Å². The first-order valence-corrected chi connectivity index (χ1v) is 9.01. The predicted molar refractivity (Wildman–Crippen MR) is 80.6 cm³/mol. The Balaban J connectivity index is 1.79. The lowest BCUT2D eigenvalue weighted by Crippen LogP contribution is -2.30. The molecule has 1 aromatic heterocycles. The minimum atomic E-state index is -3.20. The number of nitrogens with zero attached hydrogens (tertiary/aromatic N) is 2. The second-order valence-electron chi connectivity index (χ2n) is 5.43. The van der Waals surface area contributed by atoms with E-state index in [1.807, 2.05) is 0 Å². The molecular formula is C14H18N4O3S. The maximum Gasteiger partial charge on any atom is 0.245 e. The number of benzene rings is 1. The van der Waals surface area contributed by atoms with Crippen molar-refractivity contribution < 1.29 is 12.9 Å². The molecule has 1 aliphatic heterocycles. The Morgan fingerprint density at radius 1 is 1.27 bits per heavy atom. The summed E-state index contributed by atoms with van der Waals surface area (Å²) in [5.41, 5.74) is 7.05. The van der Waals surface area contributed by atoms with Crippen LogP contribution in [0.25, 0.3) is 11.4 Å². The monoisotopic (exact) mass is 322 g/mol. The average molecular weight is 322 g/mol. The predicted octanol–water partition coefficient (Wildman–Crippen LogP) is 1.46. The van der Waals surface area contributed by atoms with Gasteiger partial charge in [0, 0.05) is 17.9 Å². The summed E-state index contributed by atoms with van der Waals surface area (Å²) in [6.07, 6.45) is 3.10. The first-order valence-electron chi connectivity index (χ1n) is 7.12. The van der Waals surface area contributed by atoms with E-state index in [1.165, 1.54) is 6.26 Å². The fourth-order valence-corrected chi connectivity index (χ4v) is 3.03. The molecule has 0 saturated carbocycles. The summed E-state index contributed by atoms with van der Waals surface area (Å²) in [7, 11) is -3.20. The summed E-state index contributed by atoms with van der Waals surface area (Å²) in [6, 6.07) is 6.85. The average Bonchev–Trinajstić information content (AvgIpc) is 3.15. The number of hydrogen-bond donors (Lipinski definition) is 2. The Bertz CT molecular complexity index is 755. The zero-order chi connectivity index (χ0) is 15.7. The molecule has 22 heavy (non-hydrogen) atoms. The number of hydrazine groups is 1. The van der Waals surface area contributed by atoms with Crippen molar-refractivity contribution in [2.75, 3.05) is 6.26 Å². The molecule has 0 bridgehead atoms. The van der Waals surface area contributed by atoms with Crippen LogP contribution in [0, 0.1) is 0 Å². The minimum Gasteiger partial charge on any atom is -0.337 e. The highest BCUT2D eigenvalue weighted by Crippen LogP contribution is 2.25. The van der Waals surface area contributed by atoms with Gasteiger partial charge in [0.25, 0.3) is 0 Å². The van der Waals surface area contributed by atoms with Crippen molar-refractivity contribution in [3.63, 3.8) is 0 Å². The summed E-state index contributed by atoms with van der Waals surface area (Å²) in [6.45, 7) is 2.12. The van der Waals surface area contributed by atoms with Gasteiger partial charge in [0.1, 0.15) is 6.04 Å². The third-order valence-electron chi connectivity index (χ3n) is 3.76. The van der Waals surface area contributed by atoms with Gasteiger partial charge in [-0.2, -0.15) is 4.98 Å². The van der Waals surface area contributed by atoms with Gasteiger partial charge in [0.05, 0.1) is 4.90 Å². The van der Waals surface area contributed by atoms with E-state index in [-0.39, 0.29) is 10.9 Å². The van der Waals surface area contributed by atoms with Crippen molar-refractivity contribution in [2.24, 2.45) is 0 Å². The van der Waals surface area contributed by atoms with Crippen LogP contribution in [0.4, 0.5) is 0 Å². The smallest absolute Gasteiger partial charge is 0.245 e. The Kier molecular flexibility index (Phi) is 3.98. The van der Waals surface area contributed by atoms with Crippen molar-refractivity contribution in [1.82, 2.24) is 21.0 Å². The molecule has 2 unspecified atom stereocenters. The summed E-state index contributed by atoms with van der Waals surface area (Å²) in [5, 5.41) is 3.97. The molecule has 0 spiro atoms. The van der Waals surface area contributed by atoms with Crippen LogP contribution in [0.3, 0.4) is 0 Å². The maximum atomic E-state index is 11.5. The molecule has 7 nitrogen and oxygen atoms in total. The topological polar surface area (TPSA) is 97.1 Å². The Morgan fingerprint density at radius 3 is 2.59 bits per heavy atom. The number of rotatable bonds is 4. The van der Waals surface area contributed by atoms with Crippen LogP contribution >= 0.6 is 0 Å². The lowest BCUT2D eigenvalue weighted by molar-refractivity contribution is 0.340. The molecule has 2 aromatic rings. The van der Waals surface area contributed by atoms with Crippen molar-refractivity contribution >= 4 is 9.84 Å². The second-order valence-corrected chi connectivity index (χ2v) is 7.45. The van der Waals surface area contributed by atoms with E-state index in [9.17, 15) is 8.42 Å². The van der Waals surface area contributed by atoms with Crippen LogP contribution in [-0.2, 0) is 9.84 Å². The van der Waals surface area contributed by atoms with E-state index in [2.05, 4.69) is 27.9 Å². The van der Waals surface area contributed by atoms with Crippen LogP contribution in [-0.4, -0.2) is 30.9 Å². The molecule has 1 aliphatic rings. The Labute approximate surface area is 129 Å². The molecule has 0 radical (unpaired) electrons. The quantitative estimate of drug-likeness (QED) is 0.879.